The quantitative estimate of drug-likeness (QED) is 0.310. The van der Waals surface area contributed by atoms with Crippen LogP contribution < -0.4 is 4.90 Å². The van der Waals surface area contributed by atoms with Gasteiger partial charge in [0.2, 0.25) is 0 Å². The van der Waals surface area contributed by atoms with Crippen LogP contribution in [0.5, 0.6) is 0 Å². The number of hydrogen-bond acceptors (Lipinski definition) is 6. The van der Waals surface area contributed by atoms with Gasteiger partial charge in [-0.2, -0.15) is 0 Å². The fourth-order valence-corrected chi connectivity index (χ4v) is 3.81. The molecule has 2 heterocycles. The number of aryl methyl sites for hydroxylation is 1. The molecule has 0 unspecified atom stereocenters. The van der Waals surface area contributed by atoms with Crippen molar-refractivity contribution in [2.45, 2.75) is 6.92 Å². The zero-order valence-electron chi connectivity index (χ0n) is 15.5. The first-order valence-corrected chi connectivity index (χ1v) is 9.54. The minimum Gasteiger partial charge on any atom is -0.456 e. The van der Waals surface area contributed by atoms with Gasteiger partial charge < -0.3 is 4.42 Å². The van der Waals surface area contributed by atoms with Crippen molar-refractivity contribution in [2.75, 3.05) is 4.90 Å². The van der Waals surface area contributed by atoms with Crippen LogP contribution in [0.15, 0.2) is 63.9 Å². The third-order valence-electron chi connectivity index (χ3n) is 4.39. The summed E-state index contributed by atoms with van der Waals surface area (Å²) in [6.45, 7) is 1.75. The summed E-state index contributed by atoms with van der Waals surface area (Å²) in [5, 5.41) is 10.8. The summed E-state index contributed by atoms with van der Waals surface area (Å²) in [6, 6.07) is 12.9. The Bertz CT molecular complexity index is 1220. The number of anilines is 1. The summed E-state index contributed by atoms with van der Waals surface area (Å²) in [7, 11) is 0. The van der Waals surface area contributed by atoms with Gasteiger partial charge in [0.25, 0.3) is 16.8 Å². The van der Waals surface area contributed by atoms with Crippen molar-refractivity contribution in [1.82, 2.24) is 0 Å². The van der Waals surface area contributed by atoms with E-state index in [1.165, 1.54) is 24.3 Å². The minimum atomic E-state index is -0.559. The van der Waals surface area contributed by atoms with Gasteiger partial charge in [0, 0.05) is 12.1 Å². The number of nitro groups is 1. The molecule has 2 aromatic carbocycles. The van der Waals surface area contributed by atoms with Crippen LogP contribution in [-0.2, 0) is 4.79 Å². The van der Waals surface area contributed by atoms with Crippen LogP contribution in [0.2, 0.25) is 0 Å². The van der Waals surface area contributed by atoms with Crippen molar-refractivity contribution in [1.29, 1.82) is 0 Å². The third kappa shape index (κ3) is 3.62. The highest BCUT2D eigenvalue weighted by atomic mass is 32.2. The summed E-state index contributed by atoms with van der Waals surface area (Å²) in [5.41, 5.74) is 1.22. The van der Waals surface area contributed by atoms with Crippen LogP contribution >= 0.6 is 11.8 Å². The van der Waals surface area contributed by atoms with Crippen molar-refractivity contribution in [3.63, 3.8) is 0 Å². The summed E-state index contributed by atoms with van der Waals surface area (Å²) >= 11 is 0.727. The van der Waals surface area contributed by atoms with Crippen molar-refractivity contribution in [2.24, 2.45) is 0 Å². The molecule has 0 atom stereocenters. The lowest BCUT2D eigenvalue weighted by Crippen LogP contribution is -2.27. The third-order valence-corrected chi connectivity index (χ3v) is 5.26. The first-order chi connectivity index (χ1) is 14.3. The molecular formula is C21H13FN2O5S. The molecule has 1 aliphatic rings. The number of nitro benzene ring substituents is 1. The zero-order chi connectivity index (χ0) is 21.4. The molecule has 3 aromatic rings. The number of carbonyl (C=O) groups is 2. The number of imide groups is 1. The van der Waals surface area contributed by atoms with Gasteiger partial charge in [-0.25, -0.2) is 9.29 Å². The summed E-state index contributed by atoms with van der Waals surface area (Å²) in [5.74, 6) is -0.499. The molecule has 1 aromatic heterocycles. The maximum atomic E-state index is 13.1. The number of carbonyl (C=O) groups excluding carboxylic acids is 2. The van der Waals surface area contributed by atoms with Crippen molar-refractivity contribution in [3.8, 4) is 11.3 Å². The number of nitrogens with zero attached hydrogens (tertiary/aromatic N) is 2. The van der Waals surface area contributed by atoms with Gasteiger partial charge in [0.1, 0.15) is 17.3 Å². The van der Waals surface area contributed by atoms with E-state index in [0.29, 0.717) is 5.56 Å². The van der Waals surface area contributed by atoms with Crippen LogP contribution in [0.1, 0.15) is 11.3 Å². The van der Waals surface area contributed by atoms with E-state index in [2.05, 4.69) is 0 Å². The maximum Gasteiger partial charge on any atom is 0.298 e. The van der Waals surface area contributed by atoms with E-state index in [4.69, 9.17) is 4.42 Å². The van der Waals surface area contributed by atoms with E-state index in [0.717, 1.165) is 34.4 Å². The standard InChI is InChI=1S/C21H13FN2O5S/c1-12-2-8-16(17(10-12)24(27)28)18-9-7-15(29-18)11-19-20(25)23(21(26)30-19)14-5-3-13(22)4-6-14/h2-11H,1H3/b19-11+. The van der Waals surface area contributed by atoms with E-state index >= 15 is 0 Å². The molecule has 7 nitrogen and oxygen atoms in total. The first kappa shape index (κ1) is 19.6. The van der Waals surface area contributed by atoms with Crippen LogP contribution in [0.25, 0.3) is 17.4 Å². The monoisotopic (exact) mass is 424 g/mol. The molecule has 1 saturated heterocycles. The Hall–Kier alpha value is -3.72. The first-order valence-electron chi connectivity index (χ1n) is 8.72. The van der Waals surface area contributed by atoms with Gasteiger partial charge in [-0.1, -0.05) is 6.07 Å². The van der Waals surface area contributed by atoms with Gasteiger partial charge in [-0.05, 0) is 66.7 Å². The lowest BCUT2D eigenvalue weighted by atomic mass is 10.1. The molecule has 0 bridgehead atoms. The van der Waals surface area contributed by atoms with Gasteiger partial charge >= 0.3 is 0 Å². The lowest BCUT2D eigenvalue weighted by Gasteiger charge is -2.11. The second-order valence-corrected chi connectivity index (χ2v) is 7.47. The fourth-order valence-electron chi connectivity index (χ4n) is 2.99. The van der Waals surface area contributed by atoms with Gasteiger partial charge in [-0.15, -0.1) is 0 Å². The molecule has 0 aliphatic carbocycles. The van der Waals surface area contributed by atoms with E-state index in [9.17, 15) is 24.1 Å². The summed E-state index contributed by atoms with van der Waals surface area (Å²) < 4.78 is 18.8. The molecule has 0 radical (unpaired) electrons. The Morgan fingerprint density at radius 3 is 2.53 bits per heavy atom. The molecule has 150 valence electrons. The van der Waals surface area contributed by atoms with E-state index in [1.54, 1.807) is 31.2 Å². The van der Waals surface area contributed by atoms with Crippen LogP contribution in [0.3, 0.4) is 0 Å². The van der Waals surface area contributed by atoms with Gasteiger partial charge in [-0.3, -0.25) is 19.7 Å². The second kappa shape index (κ2) is 7.60. The number of benzene rings is 2. The number of halogens is 1. The second-order valence-electron chi connectivity index (χ2n) is 6.47. The number of amides is 2. The smallest absolute Gasteiger partial charge is 0.298 e. The minimum absolute atomic E-state index is 0.0902. The van der Waals surface area contributed by atoms with E-state index in [1.807, 2.05) is 0 Å². The Balaban J connectivity index is 1.64. The lowest BCUT2D eigenvalue weighted by molar-refractivity contribution is -0.384. The highest BCUT2D eigenvalue weighted by Crippen LogP contribution is 2.37. The molecular weight excluding hydrogens is 411 g/mol. The topological polar surface area (TPSA) is 93.7 Å². The van der Waals surface area contributed by atoms with Crippen molar-refractivity contribution < 1.29 is 23.3 Å². The molecule has 30 heavy (non-hydrogen) atoms. The molecule has 0 N–H and O–H groups in total. The molecule has 0 spiro atoms. The Labute approximate surface area is 173 Å². The molecule has 1 aliphatic heterocycles. The molecule has 9 heteroatoms. The summed E-state index contributed by atoms with van der Waals surface area (Å²) in [6.07, 6.45) is 1.40. The van der Waals surface area contributed by atoms with Crippen LogP contribution in [0.4, 0.5) is 20.6 Å². The van der Waals surface area contributed by atoms with Gasteiger partial charge in [0.05, 0.1) is 21.1 Å². The van der Waals surface area contributed by atoms with Crippen LogP contribution in [0, 0.1) is 22.9 Å². The van der Waals surface area contributed by atoms with Crippen LogP contribution in [-0.4, -0.2) is 16.1 Å². The average molecular weight is 424 g/mol. The predicted molar refractivity (Wildman–Crippen MR) is 110 cm³/mol. The predicted octanol–water partition coefficient (Wildman–Crippen LogP) is 5.54. The number of rotatable bonds is 4. The zero-order valence-corrected chi connectivity index (χ0v) is 16.3. The summed E-state index contributed by atoms with van der Waals surface area (Å²) in [4.78, 5) is 36.9. The Morgan fingerprint density at radius 2 is 1.83 bits per heavy atom. The van der Waals surface area contributed by atoms with Crippen molar-refractivity contribution >= 4 is 40.4 Å². The number of furan rings is 1. The van der Waals surface area contributed by atoms with Gasteiger partial charge in [0.15, 0.2) is 0 Å². The SMILES string of the molecule is Cc1ccc(-c2ccc(/C=C3/SC(=O)N(c4ccc(F)cc4)C3=O)o2)c([N+](=O)[O-])c1. The van der Waals surface area contributed by atoms with E-state index < -0.39 is 21.9 Å². The number of thioether (sulfide) groups is 1. The average Bonchev–Trinajstić information content (AvgIpc) is 3.27. The molecule has 0 saturated carbocycles. The number of hydrogen-bond donors (Lipinski definition) is 0. The highest BCUT2D eigenvalue weighted by Gasteiger charge is 2.36. The fraction of sp³-hybridized carbons (Fsp3) is 0.0476. The maximum absolute atomic E-state index is 13.1. The molecule has 4 rings (SSSR count). The Kier molecular flexibility index (Phi) is 4.96. The van der Waals surface area contributed by atoms with Crippen molar-refractivity contribution in [3.05, 3.63) is 86.8 Å². The normalized spacial score (nSPS) is 15.3. The van der Waals surface area contributed by atoms with E-state index in [-0.39, 0.29) is 27.8 Å². The molecule has 2 amide bonds. The molecule has 1 fully saturated rings. The highest BCUT2D eigenvalue weighted by molar-refractivity contribution is 8.19. The largest absolute Gasteiger partial charge is 0.456 e. The Morgan fingerprint density at radius 1 is 1.10 bits per heavy atom.